The standard InChI is InChI=1S/C12H16N2O5/c1-7(3-4-15)13-10-5-9(12(16)17)6-11(8(10)2)14(18)19/h5-7,13,15H,3-4H2,1-2H3,(H,16,17). The summed E-state index contributed by atoms with van der Waals surface area (Å²) in [6.45, 7) is 3.33. The van der Waals surface area contributed by atoms with E-state index < -0.39 is 10.9 Å². The molecule has 0 fully saturated rings. The number of carboxylic acids is 1. The fraction of sp³-hybridized carbons (Fsp3) is 0.417. The van der Waals surface area contributed by atoms with E-state index in [1.165, 1.54) is 6.07 Å². The number of hydrogen-bond donors (Lipinski definition) is 3. The van der Waals surface area contributed by atoms with Crippen molar-refractivity contribution >= 4 is 17.3 Å². The summed E-state index contributed by atoms with van der Waals surface area (Å²) in [7, 11) is 0. The molecule has 7 nitrogen and oxygen atoms in total. The molecule has 0 bridgehead atoms. The third kappa shape index (κ3) is 3.65. The maximum absolute atomic E-state index is 11.0. The van der Waals surface area contributed by atoms with Gasteiger partial charge in [-0.15, -0.1) is 0 Å². The van der Waals surface area contributed by atoms with Gasteiger partial charge in [0.25, 0.3) is 5.69 Å². The third-order valence-electron chi connectivity index (χ3n) is 2.79. The second-order valence-electron chi connectivity index (χ2n) is 4.29. The van der Waals surface area contributed by atoms with Crippen molar-refractivity contribution in [3.05, 3.63) is 33.4 Å². The molecule has 1 aromatic rings. The molecule has 1 unspecified atom stereocenters. The van der Waals surface area contributed by atoms with Gasteiger partial charge < -0.3 is 15.5 Å². The minimum absolute atomic E-state index is 0.0199. The molecule has 104 valence electrons. The Morgan fingerprint density at radius 2 is 2.16 bits per heavy atom. The van der Waals surface area contributed by atoms with Crippen LogP contribution in [0.4, 0.5) is 11.4 Å². The molecule has 1 rings (SSSR count). The Labute approximate surface area is 110 Å². The molecular weight excluding hydrogens is 252 g/mol. The second kappa shape index (κ2) is 6.14. The number of benzene rings is 1. The van der Waals surface area contributed by atoms with Crippen LogP contribution in [0.15, 0.2) is 12.1 Å². The van der Waals surface area contributed by atoms with E-state index in [1.54, 1.807) is 13.8 Å². The molecule has 0 aliphatic heterocycles. The monoisotopic (exact) mass is 268 g/mol. The van der Waals surface area contributed by atoms with Crippen molar-refractivity contribution in [1.29, 1.82) is 0 Å². The summed E-state index contributed by atoms with van der Waals surface area (Å²) in [5, 5.41) is 31.7. The minimum atomic E-state index is -1.22. The number of carboxylic acid groups (broad SMARTS) is 1. The Balaban J connectivity index is 3.21. The smallest absolute Gasteiger partial charge is 0.336 e. The number of aromatic carboxylic acids is 1. The van der Waals surface area contributed by atoms with Gasteiger partial charge in [0.15, 0.2) is 0 Å². The molecule has 19 heavy (non-hydrogen) atoms. The molecule has 0 amide bonds. The number of rotatable bonds is 6. The average molecular weight is 268 g/mol. The van der Waals surface area contributed by atoms with Crippen molar-refractivity contribution in [1.82, 2.24) is 0 Å². The first-order chi connectivity index (χ1) is 8.86. The number of nitro groups is 1. The number of aliphatic hydroxyl groups excluding tert-OH is 1. The van der Waals surface area contributed by atoms with E-state index >= 15 is 0 Å². The van der Waals surface area contributed by atoms with E-state index in [0.29, 0.717) is 17.7 Å². The zero-order chi connectivity index (χ0) is 14.6. The number of hydrogen-bond acceptors (Lipinski definition) is 5. The second-order valence-corrected chi connectivity index (χ2v) is 4.29. The van der Waals surface area contributed by atoms with Gasteiger partial charge in [-0.1, -0.05) is 0 Å². The van der Waals surface area contributed by atoms with Crippen LogP contribution in [0.25, 0.3) is 0 Å². The normalized spacial score (nSPS) is 11.9. The molecule has 0 aliphatic rings. The summed E-state index contributed by atoms with van der Waals surface area (Å²) in [6, 6.07) is 2.28. The van der Waals surface area contributed by atoms with E-state index in [9.17, 15) is 14.9 Å². The molecule has 7 heteroatoms. The Morgan fingerprint density at radius 1 is 1.53 bits per heavy atom. The molecule has 1 atom stereocenters. The largest absolute Gasteiger partial charge is 0.478 e. The van der Waals surface area contributed by atoms with Gasteiger partial charge in [0.05, 0.1) is 10.5 Å². The number of aliphatic hydroxyl groups is 1. The molecule has 0 spiro atoms. The van der Waals surface area contributed by atoms with E-state index in [4.69, 9.17) is 10.2 Å². The fourth-order valence-electron chi connectivity index (χ4n) is 1.69. The Hall–Kier alpha value is -2.15. The lowest BCUT2D eigenvalue weighted by Crippen LogP contribution is -2.18. The number of anilines is 1. The van der Waals surface area contributed by atoms with Crippen LogP contribution < -0.4 is 5.32 Å². The highest BCUT2D eigenvalue weighted by molar-refractivity contribution is 5.90. The molecule has 1 aromatic carbocycles. The maximum Gasteiger partial charge on any atom is 0.336 e. The highest BCUT2D eigenvalue weighted by Gasteiger charge is 2.19. The van der Waals surface area contributed by atoms with E-state index in [1.807, 2.05) is 0 Å². The summed E-state index contributed by atoms with van der Waals surface area (Å²) in [5.41, 5.74) is 0.391. The predicted molar refractivity (Wildman–Crippen MR) is 69.6 cm³/mol. The van der Waals surface area contributed by atoms with Gasteiger partial charge >= 0.3 is 5.97 Å². The van der Waals surface area contributed by atoms with Crippen LogP contribution in [0.1, 0.15) is 29.3 Å². The first-order valence-corrected chi connectivity index (χ1v) is 5.76. The first-order valence-electron chi connectivity index (χ1n) is 5.76. The fourth-order valence-corrected chi connectivity index (χ4v) is 1.69. The van der Waals surface area contributed by atoms with Crippen LogP contribution in [0.5, 0.6) is 0 Å². The summed E-state index contributed by atoms with van der Waals surface area (Å²) < 4.78 is 0. The SMILES string of the molecule is Cc1c(NC(C)CCO)cc(C(=O)O)cc1[N+](=O)[O-]. The quantitative estimate of drug-likeness (QED) is 0.535. The van der Waals surface area contributed by atoms with Crippen molar-refractivity contribution in [2.24, 2.45) is 0 Å². The summed E-state index contributed by atoms with van der Waals surface area (Å²) in [4.78, 5) is 21.3. The van der Waals surface area contributed by atoms with Crippen LogP contribution in [0.2, 0.25) is 0 Å². The molecule has 3 N–H and O–H groups in total. The van der Waals surface area contributed by atoms with Gasteiger partial charge in [-0.2, -0.15) is 0 Å². The van der Waals surface area contributed by atoms with E-state index in [-0.39, 0.29) is 23.9 Å². The van der Waals surface area contributed by atoms with Gasteiger partial charge in [0.2, 0.25) is 0 Å². The molecular formula is C12H16N2O5. The lowest BCUT2D eigenvalue weighted by atomic mass is 10.1. The summed E-state index contributed by atoms with van der Waals surface area (Å²) in [5.74, 6) is -1.22. The minimum Gasteiger partial charge on any atom is -0.478 e. The van der Waals surface area contributed by atoms with Gasteiger partial charge in [0.1, 0.15) is 0 Å². The van der Waals surface area contributed by atoms with Gasteiger partial charge in [-0.05, 0) is 26.3 Å². The number of nitro benzene ring substituents is 1. The van der Waals surface area contributed by atoms with Crippen molar-refractivity contribution in [2.75, 3.05) is 11.9 Å². The van der Waals surface area contributed by atoms with E-state index in [0.717, 1.165) is 6.07 Å². The van der Waals surface area contributed by atoms with Crippen molar-refractivity contribution in [3.8, 4) is 0 Å². The number of nitrogens with one attached hydrogen (secondary N) is 1. The van der Waals surface area contributed by atoms with Crippen LogP contribution in [-0.4, -0.2) is 33.8 Å². The van der Waals surface area contributed by atoms with Gasteiger partial charge in [-0.3, -0.25) is 10.1 Å². The molecule has 0 aliphatic carbocycles. The van der Waals surface area contributed by atoms with Crippen LogP contribution >= 0.6 is 0 Å². The summed E-state index contributed by atoms with van der Waals surface area (Å²) >= 11 is 0. The predicted octanol–water partition coefficient (Wildman–Crippen LogP) is 1.78. The Morgan fingerprint density at radius 3 is 2.63 bits per heavy atom. The number of carbonyl (C=O) groups is 1. The van der Waals surface area contributed by atoms with Gasteiger partial charge in [-0.25, -0.2) is 4.79 Å². The first kappa shape index (κ1) is 14.9. The van der Waals surface area contributed by atoms with Crippen LogP contribution in [-0.2, 0) is 0 Å². The highest BCUT2D eigenvalue weighted by Crippen LogP contribution is 2.28. The lowest BCUT2D eigenvalue weighted by molar-refractivity contribution is -0.385. The average Bonchev–Trinajstić information content (AvgIpc) is 2.31. The van der Waals surface area contributed by atoms with E-state index in [2.05, 4.69) is 5.32 Å². The lowest BCUT2D eigenvalue weighted by Gasteiger charge is -2.16. The molecule has 0 heterocycles. The topological polar surface area (TPSA) is 113 Å². The zero-order valence-corrected chi connectivity index (χ0v) is 10.7. The van der Waals surface area contributed by atoms with Crippen LogP contribution in [0, 0.1) is 17.0 Å². The van der Waals surface area contributed by atoms with Gasteiger partial charge in [0, 0.05) is 30.0 Å². The summed E-state index contributed by atoms with van der Waals surface area (Å²) in [6.07, 6.45) is 0.463. The molecule has 0 saturated heterocycles. The van der Waals surface area contributed by atoms with Crippen molar-refractivity contribution in [3.63, 3.8) is 0 Å². The maximum atomic E-state index is 11.0. The number of nitrogens with zero attached hydrogens (tertiary/aromatic N) is 1. The highest BCUT2D eigenvalue weighted by atomic mass is 16.6. The Kier molecular flexibility index (Phi) is 4.82. The van der Waals surface area contributed by atoms with Crippen molar-refractivity contribution < 1.29 is 19.9 Å². The third-order valence-corrected chi connectivity index (χ3v) is 2.79. The van der Waals surface area contributed by atoms with Crippen LogP contribution in [0.3, 0.4) is 0 Å². The molecule has 0 saturated carbocycles. The van der Waals surface area contributed by atoms with Crippen molar-refractivity contribution in [2.45, 2.75) is 26.3 Å². The molecule has 0 radical (unpaired) electrons. The molecule has 0 aromatic heterocycles. The zero-order valence-electron chi connectivity index (χ0n) is 10.7. The Bertz CT molecular complexity index is 501.